The molecule has 0 radical (unpaired) electrons. The lowest BCUT2D eigenvalue weighted by Crippen LogP contribution is -2.34. The van der Waals surface area contributed by atoms with Gasteiger partial charge in [0.1, 0.15) is 0 Å². The zero-order valence-electron chi connectivity index (χ0n) is 10.4. The first-order valence-corrected chi connectivity index (χ1v) is 5.71. The van der Waals surface area contributed by atoms with Crippen LogP contribution in [0.1, 0.15) is 33.6 Å². The van der Waals surface area contributed by atoms with E-state index < -0.39 is 0 Å². The van der Waals surface area contributed by atoms with Crippen LogP contribution < -0.4 is 16.4 Å². The Labute approximate surface area is 97.2 Å². The van der Waals surface area contributed by atoms with E-state index >= 15 is 0 Å². The Morgan fingerprint density at radius 2 is 1.81 bits per heavy atom. The van der Waals surface area contributed by atoms with E-state index in [9.17, 15) is 9.59 Å². The zero-order chi connectivity index (χ0) is 12.6. The molecular weight excluding hydrogens is 206 g/mol. The van der Waals surface area contributed by atoms with Gasteiger partial charge in [-0.1, -0.05) is 6.92 Å². The van der Waals surface area contributed by atoms with E-state index in [0.717, 1.165) is 0 Å². The van der Waals surface area contributed by atoms with Gasteiger partial charge in [0, 0.05) is 25.4 Å². The van der Waals surface area contributed by atoms with Gasteiger partial charge in [0.2, 0.25) is 11.8 Å². The molecule has 0 saturated heterocycles. The maximum Gasteiger partial charge on any atom is 0.221 e. The normalized spacial score (nSPS) is 12.3. The van der Waals surface area contributed by atoms with Crippen molar-refractivity contribution in [3.8, 4) is 0 Å². The van der Waals surface area contributed by atoms with Crippen LogP contribution in [0, 0.1) is 5.92 Å². The van der Waals surface area contributed by atoms with Gasteiger partial charge in [-0.25, -0.2) is 0 Å². The third-order valence-corrected chi connectivity index (χ3v) is 2.06. The van der Waals surface area contributed by atoms with Crippen molar-refractivity contribution in [1.29, 1.82) is 0 Å². The second kappa shape index (κ2) is 8.10. The van der Waals surface area contributed by atoms with Crippen molar-refractivity contribution in [2.45, 2.75) is 39.7 Å². The van der Waals surface area contributed by atoms with E-state index in [4.69, 9.17) is 5.73 Å². The minimum atomic E-state index is -0.0460. The van der Waals surface area contributed by atoms with Gasteiger partial charge in [0.05, 0.1) is 0 Å². The first kappa shape index (κ1) is 14.9. The summed E-state index contributed by atoms with van der Waals surface area (Å²) in [7, 11) is 0. The topological polar surface area (TPSA) is 84.2 Å². The number of amides is 2. The fraction of sp³-hybridized carbons (Fsp3) is 0.818. The fourth-order valence-electron chi connectivity index (χ4n) is 1.18. The quantitative estimate of drug-likeness (QED) is 0.574. The molecular formula is C11H23N3O2. The maximum atomic E-state index is 11.3. The van der Waals surface area contributed by atoms with Crippen LogP contribution in [0.5, 0.6) is 0 Å². The van der Waals surface area contributed by atoms with Crippen molar-refractivity contribution in [2.24, 2.45) is 11.7 Å². The molecule has 0 saturated carbocycles. The first-order chi connectivity index (χ1) is 7.45. The first-order valence-electron chi connectivity index (χ1n) is 5.71. The molecule has 94 valence electrons. The van der Waals surface area contributed by atoms with Crippen LogP contribution in [0.4, 0.5) is 0 Å². The lowest BCUT2D eigenvalue weighted by Gasteiger charge is -2.10. The number of carbonyl (C=O) groups excluding carboxylic acids is 2. The average Bonchev–Trinajstić information content (AvgIpc) is 2.16. The Morgan fingerprint density at radius 3 is 2.31 bits per heavy atom. The molecule has 1 atom stereocenters. The monoisotopic (exact) mass is 229 g/mol. The predicted molar refractivity (Wildman–Crippen MR) is 63.7 cm³/mol. The second-order valence-corrected chi connectivity index (χ2v) is 4.37. The van der Waals surface area contributed by atoms with Crippen molar-refractivity contribution in [3.05, 3.63) is 0 Å². The summed E-state index contributed by atoms with van der Waals surface area (Å²) < 4.78 is 0. The van der Waals surface area contributed by atoms with Gasteiger partial charge in [0.25, 0.3) is 0 Å². The van der Waals surface area contributed by atoms with E-state index in [1.54, 1.807) is 0 Å². The molecule has 0 spiro atoms. The predicted octanol–water partition coefficient (Wildman–Crippen LogP) is 0.00220. The molecule has 2 amide bonds. The maximum absolute atomic E-state index is 11.3. The van der Waals surface area contributed by atoms with Crippen LogP contribution in [0.25, 0.3) is 0 Å². The number of nitrogens with one attached hydrogen (secondary N) is 2. The van der Waals surface area contributed by atoms with Crippen LogP contribution in [0.2, 0.25) is 0 Å². The van der Waals surface area contributed by atoms with E-state index in [-0.39, 0.29) is 23.8 Å². The largest absolute Gasteiger partial charge is 0.356 e. The fourth-order valence-corrected chi connectivity index (χ4v) is 1.18. The van der Waals surface area contributed by atoms with Gasteiger partial charge in [-0.2, -0.15) is 0 Å². The summed E-state index contributed by atoms with van der Waals surface area (Å²) >= 11 is 0. The summed E-state index contributed by atoms with van der Waals surface area (Å²) in [5, 5.41) is 5.45. The molecule has 5 nitrogen and oxygen atoms in total. The number of nitrogens with two attached hydrogens (primary N) is 1. The molecule has 1 unspecified atom stereocenters. The van der Waals surface area contributed by atoms with Crippen molar-refractivity contribution in [2.75, 3.05) is 13.1 Å². The highest BCUT2D eigenvalue weighted by Gasteiger charge is 2.08. The molecule has 16 heavy (non-hydrogen) atoms. The van der Waals surface area contributed by atoms with E-state index in [1.807, 2.05) is 20.8 Å². The Kier molecular flexibility index (Phi) is 7.54. The highest BCUT2D eigenvalue weighted by molar-refractivity contribution is 5.79. The van der Waals surface area contributed by atoms with Gasteiger partial charge >= 0.3 is 0 Å². The summed E-state index contributed by atoms with van der Waals surface area (Å²) in [6.45, 7) is 6.61. The van der Waals surface area contributed by atoms with E-state index in [1.165, 1.54) is 0 Å². The van der Waals surface area contributed by atoms with Crippen LogP contribution in [0.15, 0.2) is 0 Å². The lowest BCUT2D eigenvalue weighted by atomic mass is 10.1. The van der Waals surface area contributed by atoms with Crippen molar-refractivity contribution < 1.29 is 9.59 Å². The number of carbonyl (C=O) groups is 2. The number of hydrogen-bond acceptors (Lipinski definition) is 3. The SMILES string of the molecule is CC(CN)CC(=O)NCCC(=O)NC(C)C. The third kappa shape index (κ3) is 8.23. The molecule has 0 fully saturated rings. The molecule has 0 bridgehead atoms. The summed E-state index contributed by atoms with van der Waals surface area (Å²) in [4.78, 5) is 22.5. The lowest BCUT2D eigenvalue weighted by molar-refractivity contribution is -0.122. The van der Waals surface area contributed by atoms with Crippen LogP contribution in [-0.2, 0) is 9.59 Å². The van der Waals surface area contributed by atoms with Gasteiger partial charge in [-0.05, 0) is 26.3 Å². The van der Waals surface area contributed by atoms with Crippen molar-refractivity contribution >= 4 is 11.8 Å². The summed E-state index contributed by atoms with van der Waals surface area (Å²) in [5.74, 6) is 0.0990. The molecule has 5 heteroatoms. The minimum absolute atomic E-state index is 0.0397. The Hall–Kier alpha value is -1.10. The molecule has 4 N–H and O–H groups in total. The van der Waals surface area contributed by atoms with Crippen LogP contribution in [-0.4, -0.2) is 30.9 Å². The molecule has 0 aliphatic rings. The Morgan fingerprint density at radius 1 is 1.19 bits per heavy atom. The average molecular weight is 229 g/mol. The third-order valence-electron chi connectivity index (χ3n) is 2.06. The zero-order valence-corrected chi connectivity index (χ0v) is 10.4. The smallest absolute Gasteiger partial charge is 0.221 e. The standard InChI is InChI=1S/C11H23N3O2/c1-8(2)14-10(15)4-5-13-11(16)6-9(3)7-12/h8-9H,4-7,12H2,1-3H3,(H,13,16)(H,14,15). The molecule has 0 aromatic rings. The summed E-state index contributed by atoms with van der Waals surface area (Å²) in [6, 6.07) is 0.139. The van der Waals surface area contributed by atoms with Crippen LogP contribution in [0.3, 0.4) is 0 Å². The van der Waals surface area contributed by atoms with E-state index in [0.29, 0.717) is 25.9 Å². The second-order valence-electron chi connectivity index (χ2n) is 4.37. The van der Waals surface area contributed by atoms with Gasteiger partial charge in [-0.3, -0.25) is 9.59 Å². The molecule has 0 aromatic carbocycles. The van der Waals surface area contributed by atoms with Crippen molar-refractivity contribution in [3.63, 3.8) is 0 Å². The van der Waals surface area contributed by atoms with Gasteiger partial charge in [0.15, 0.2) is 0 Å². The summed E-state index contributed by atoms with van der Waals surface area (Å²) in [5.41, 5.74) is 5.41. The molecule has 0 rings (SSSR count). The summed E-state index contributed by atoms with van der Waals surface area (Å²) in [6.07, 6.45) is 0.739. The number of rotatable bonds is 7. The minimum Gasteiger partial charge on any atom is -0.356 e. The van der Waals surface area contributed by atoms with E-state index in [2.05, 4.69) is 10.6 Å². The van der Waals surface area contributed by atoms with Gasteiger partial charge < -0.3 is 16.4 Å². The molecule has 0 aliphatic carbocycles. The van der Waals surface area contributed by atoms with Crippen molar-refractivity contribution in [1.82, 2.24) is 10.6 Å². The molecule has 0 heterocycles. The van der Waals surface area contributed by atoms with Crippen LogP contribution >= 0.6 is 0 Å². The van der Waals surface area contributed by atoms with Gasteiger partial charge in [-0.15, -0.1) is 0 Å². The highest BCUT2D eigenvalue weighted by Crippen LogP contribution is 1.97. The Balaban J connectivity index is 3.58. The Bertz CT molecular complexity index is 229. The molecule has 0 aliphatic heterocycles. The highest BCUT2D eigenvalue weighted by atomic mass is 16.2. The molecule has 0 aromatic heterocycles. The number of hydrogen-bond donors (Lipinski definition) is 3.